The van der Waals surface area contributed by atoms with Crippen LogP contribution in [0.15, 0.2) is 5.38 Å². The minimum atomic E-state index is -3.48. The van der Waals surface area contributed by atoms with Crippen LogP contribution in [0.2, 0.25) is 0 Å². The number of carbonyl (C=O) groups is 1. The summed E-state index contributed by atoms with van der Waals surface area (Å²) >= 11 is 1.30. The maximum absolute atomic E-state index is 12.4. The number of aryl methyl sites for hydroxylation is 1. The Morgan fingerprint density at radius 1 is 1.47 bits per heavy atom. The summed E-state index contributed by atoms with van der Waals surface area (Å²) in [5, 5.41) is 7.98. The Hall–Kier alpha value is -0.990. The molecule has 1 aliphatic heterocycles. The van der Waals surface area contributed by atoms with Crippen molar-refractivity contribution in [3.05, 3.63) is 11.1 Å². The molecule has 0 unspecified atom stereocenters. The van der Waals surface area contributed by atoms with Crippen LogP contribution in [0.25, 0.3) is 0 Å². The molecule has 1 saturated heterocycles. The second kappa shape index (κ2) is 5.18. The number of amides is 1. The van der Waals surface area contributed by atoms with Crippen molar-refractivity contribution in [2.45, 2.75) is 24.5 Å². The van der Waals surface area contributed by atoms with Gasteiger partial charge < -0.3 is 10.6 Å². The van der Waals surface area contributed by atoms with Gasteiger partial charge in [-0.25, -0.2) is 13.4 Å². The predicted octanol–water partition coefficient (Wildman–Crippen LogP) is 0.557. The van der Waals surface area contributed by atoms with E-state index in [0.29, 0.717) is 31.1 Å². The van der Waals surface area contributed by atoms with Crippen molar-refractivity contribution in [2.75, 3.05) is 24.7 Å². The van der Waals surface area contributed by atoms with Gasteiger partial charge in [0.2, 0.25) is 5.91 Å². The lowest BCUT2D eigenvalue weighted by molar-refractivity contribution is -0.119. The van der Waals surface area contributed by atoms with Gasteiger partial charge >= 0.3 is 0 Å². The van der Waals surface area contributed by atoms with Crippen molar-refractivity contribution >= 4 is 32.2 Å². The van der Waals surface area contributed by atoms with Gasteiger partial charge in [-0.1, -0.05) is 0 Å². The summed E-state index contributed by atoms with van der Waals surface area (Å²) in [4.78, 5) is 16.5. The van der Waals surface area contributed by atoms with E-state index >= 15 is 0 Å². The number of carbonyl (C=O) groups excluding carboxylic acids is 1. The fourth-order valence-corrected chi connectivity index (χ4v) is 4.24. The van der Waals surface area contributed by atoms with E-state index in [2.05, 4.69) is 15.6 Å². The molecule has 1 amide bonds. The van der Waals surface area contributed by atoms with Gasteiger partial charge in [0.25, 0.3) is 0 Å². The minimum Gasteiger partial charge on any atom is -0.317 e. The molecule has 0 radical (unpaired) electrons. The van der Waals surface area contributed by atoms with E-state index < -0.39 is 20.5 Å². The van der Waals surface area contributed by atoms with Crippen molar-refractivity contribution < 1.29 is 13.2 Å². The van der Waals surface area contributed by atoms with Gasteiger partial charge in [-0.05, 0) is 32.9 Å². The van der Waals surface area contributed by atoms with Crippen molar-refractivity contribution in [2.24, 2.45) is 0 Å². The summed E-state index contributed by atoms with van der Waals surface area (Å²) in [5.41, 5.74) is 0.805. The molecule has 2 N–H and O–H groups in total. The number of hydrogen-bond acceptors (Lipinski definition) is 6. The van der Waals surface area contributed by atoms with Gasteiger partial charge in [-0.2, -0.15) is 0 Å². The molecule has 1 fully saturated rings. The van der Waals surface area contributed by atoms with E-state index in [-0.39, 0.29) is 0 Å². The predicted molar refractivity (Wildman–Crippen MR) is 75.2 cm³/mol. The SMILES string of the molecule is Cc1csc(NC(=O)C2(S(C)(=O)=O)CCNCC2)n1. The highest BCUT2D eigenvalue weighted by Crippen LogP contribution is 2.29. The fourth-order valence-electron chi connectivity index (χ4n) is 2.22. The number of hydrogen-bond donors (Lipinski definition) is 2. The normalized spacial score (nSPS) is 19.1. The summed E-state index contributed by atoms with van der Waals surface area (Å²) in [7, 11) is -3.48. The van der Waals surface area contributed by atoms with E-state index in [1.165, 1.54) is 11.3 Å². The zero-order valence-corrected chi connectivity index (χ0v) is 12.5. The van der Waals surface area contributed by atoms with Crippen LogP contribution in [0, 0.1) is 6.92 Å². The van der Waals surface area contributed by atoms with Crippen molar-refractivity contribution in [1.29, 1.82) is 0 Å². The highest BCUT2D eigenvalue weighted by atomic mass is 32.2. The first kappa shape index (κ1) is 14.4. The third-order valence-corrected chi connectivity index (χ3v) is 6.26. The second-order valence-corrected chi connectivity index (χ2v) is 7.95. The topological polar surface area (TPSA) is 88.2 Å². The van der Waals surface area contributed by atoms with Crippen LogP contribution in [-0.4, -0.2) is 43.4 Å². The van der Waals surface area contributed by atoms with Gasteiger partial charge in [-0.15, -0.1) is 11.3 Å². The van der Waals surface area contributed by atoms with Crippen LogP contribution in [0.1, 0.15) is 18.5 Å². The van der Waals surface area contributed by atoms with Gasteiger partial charge in [-0.3, -0.25) is 4.79 Å². The Labute approximate surface area is 116 Å². The monoisotopic (exact) mass is 303 g/mol. The van der Waals surface area contributed by atoms with Gasteiger partial charge in [0, 0.05) is 11.6 Å². The van der Waals surface area contributed by atoms with Crippen LogP contribution in [0.5, 0.6) is 0 Å². The number of thiazole rings is 1. The first-order valence-corrected chi connectivity index (χ1v) is 8.76. The molecule has 0 saturated carbocycles. The molecule has 0 atom stereocenters. The third kappa shape index (κ3) is 2.80. The average Bonchev–Trinajstić information content (AvgIpc) is 2.74. The van der Waals surface area contributed by atoms with Crippen molar-refractivity contribution in [3.63, 3.8) is 0 Å². The van der Waals surface area contributed by atoms with Crippen LogP contribution < -0.4 is 10.6 Å². The highest BCUT2D eigenvalue weighted by molar-refractivity contribution is 7.92. The lowest BCUT2D eigenvalue weighted by Gasteiger charge is -2.33. The number of piperidine rings is 1. The molecule has 1 aromatic heterocycles. The Balaban J connectivity index is 2.26. The molecule has 106 valence electrons. The van der Waals surface area contributed by atoms with Crippen LogP contribution in [0.4, 0.5) is 5.13 Å². The summed E-state index contributed by atoms with van der Waals surface area (Å²) < 4.78 is 22.7. The lowest BCUT2D eigenvalue weighted by Crippen LogP contribution is -2.55. The zero-order valence-electron chi connectivity index (χ0n) is 10.9. The molecule has 2 heterocycles. The number of anilines is 1. The zero-order chi connectivity index (χ0) is 14.1. The molecule has 0 bridgehead atoms. The molecule has 1 aliphatic rings. The first-order valence-electron chi connectivity index (χ1n) is 5.99. The van der Waals surface area contributed by atoms with Crippen molar-refractivity contribution in [3.8, 4) is 0 Å². The number of aromatic nitrogens is 1. The van der Waals surface area contributed by atoms with Crippen LogP contribution in [-0.2, 0) is 14.6 Å². The standard InChI is InChI=1S/C11H17N3O3S2/c1-8-7-18-10(13-8)14-9(15)11(19(2,16)17)3-5-12-6-4-11/h7,12H,3-6H2,1-2H3,(H,13,14,15). The van der Waals surface area contributed by atoms with Crippen LogP contribution in [0.3, 0.4) is 0 Å². The summed E-state index contributed by atoms with van der Waals surface area (Å²) in [5.74, 6) is -0.467. The van der Waals surface area contributed by atoms with E-state index in [9.17, 15) is 13.2 Å². The fraction of sp³-hybridized carbons (Fsp3) is 0.636. The molecule has 1 aromatic rings. The quantitative estimate of drug-likeness (QED) is 0.851. The van der Waals surface area contributed by atoms with Crippen LogP contribution >= 0.6 is 11.3 Å². The number of nitrogens with zero attached hydrogens (tertiary/aromatic N) is 1. The Morgan fingerprint density at radius 3 is 2.58 bits per heavy atom. The molecular formula is C11H17N3O3S2. The Bertz CT molecular complexity index is 574. The summed E-state index contributed by atoms with van der Waals surface area (Å²) in [6.07, 6.45) is 1.72. The molecule has 0 spiro atoms. The number of nitrogens with one attached hydrogen (secondary N) is 2. The maximum Gasteiger partial charge on any atom is 0.247 e. The molecule has 6 nitrogen and oxygen atoms in total. The molecule has 0 aromatic carbocycles. The molecule has 8 heteroatoms. The number of rotatable bonds is 3. The maximum atomic E-state index is 12.4. The Kier molecular flexibility index (Phi) is 3.93. The third-order valence-electron chi connectivity index (χ3n) is 3.37. The largest absolute Gasteiger partial charge is 0.317 e. The smallest absolute Gasteiger partial charge is 0.247 e. The Morgan fingerprint density at radius 2 is 2.11 bits per heavy atom. The summed E-state index contributed by atoms with van der Waals surface area (Å²) in [6, 6.07) is 0. The molecule has 0 aliphatic carbocycles. The summed E-state index contributed by atoms with van der Waals surface area (Å²) in [6.45, 7) is 2.87. The lowest BCUT2D eigenvalue weighted by atomic mass is 9.96. The second-order valence-electron chi connectivity index (χ2n) is 4.76. The average molecular weight is 303 g/mol. The molecule has 2 rings (SSSR count). The van der Waals surface area contributed by atoms with Gasteiger partial charge in [0.1, 0.15) is 0 Å². The van der Waals surface area contributed by atoms with E-state index in [1.54, 1.807) is 0 Å². The number of sulfone groups is 1. The van der Waals surface area contributed by atoms with Gasteiger partial charge in [0.15, 0.2) is 19.7 Å². The van der Waals surface area contributed by atoms with E-state index in [4.69, 9.17) is 0 Å². The van der Waals surface area contributed by atoms with E-state index in [1.807, 2.05) is 12.3 Å². The molecule has 19 heavy (non-hydrogen) atoms. The minimum absolute atomic E-state index is 0.294. The molecular weight excluding hydrogens is 286 g/mol. The van der Waals surface area contributed by atoms with Gasteiger partial charge in [0.05, 0.1) is 5.69 Å². The first-order chi connectivity index (χ1) is 8.85. The van der Waals surface area contributed by atoms with Crippen molar-refractivity contribution in [1.82, 2.24) is 10.3 Å². The van der Waals surface area contributed by atoms with E-state index in [0.717, 1.165) is 11.9 Å². The highest BCUT2D eigenvalue weighted by Gasteiger charge is 2.48.